The predicted octanol–water partition coefficient (Wildman–Crippen LogP) is 2.50. The number of aliphatic carboxylic acids is 1. The number of pyridine rings is 1. The van der Waals surface area contributed by atoms with Crippen LogP contribution in [0.1, 0.15) is 15.9 Å². The van der Waals surface area contributed by atoms with Crippen molar-refractivity contribution in [3.05, 3.63) is 66.4 Å². The second kappa shape index (κ2) is 8.61. The number of alkyl halides is 3. The van der Waals surface area contributed by atoms with E-state index in [1.54, 1.807) is 39.9 Å². The minimum Gasteiger partial charge on any atom is -0.475 e. The fraction of sp³-hybridized carbons (Fsp3) is 0.111. The normalized spacial score (nSPS) is 11.0. The average molecular weight is 433 g/mol. The lowest BCUT2D eigenvalue weighted by molar-refractivity contribution is -0.192. The SMILES string of the molecule is Cc1cnn(-c2ccc3nc(NC(=O)c4cccnc4)cn3n2)c1.O=C(O)C(F)(F)F. The number of carbonyl (C=O) groups excluding carboxylic acids is 1. The third kappa shape index (κ3) is 5.41. The Morgan fingerprint density at radius 2 is 1.87 bits per heavy atom. The molecule has 0 spiro atoms. The fourth-order valence-electron chi connectivity index (χ4n) is 2.28. The Morgan fingerprint density at radius 3 is 2.45 bits per heavy atom. The van der Waals surface area contributed by atoms with Crippen molar-refractivity contribution < 1.29 is 27.9 Å². The molecule has 4 heterocycles. The molecule has 4 aromatic heterocycles. The van der Waals surface area contributed by atoms with Gasteiger partial charge in [-0.3, -0.25) is 9.78 Å². The van der Waals surface area contributed by atoms with E-state index < -0.39 is 12.1 Å². The molecule has 0 aliphatic carbocycles. The van der Waals surface area contributed by atoms with Crippen LogP contribution in [-0.4, -0.2) is 52.5 Å². The van der Waals surface area contributed by atoms with Gasteiger partial charge in [-0.2, -0.15) is 18.3 Å². The summed E-state index contributed by atoms with van der Waals surface area (Å²) in [6, 6.07) is 7.04. The van der Waals surface area contributed by atoms with Crippen LogP contribution in [0.5, 0.6) is 0 Å². The molecule has 0 bridgehead atoms. The van der Waals surface area contributed by atoms with Gasteiger partial charge in [-0.1, -0.05) is 0 Å². The van der Waals surface area contributed by atoms with Crippen LogP contribution in [0.3, 0.4) is 0 Å². The number of carbonyl (C=O) groups is 2. The first-order chi connectivity index (χ1) is 14.6. The van der Waals surface area contributed by atoms with Crippen LogP contribution in [-0.2, 0) is 4.79 Å². The number of hydrogen-bond donors (Lipinski definition) is 2. The zero-order valence-corrected chi connectivity index (χ0v) is 15.8. The van der Waals surface area contributed by atoms with Gasteiger partial charge >= 0.3 is 12.1 Å². The Bertz CT molecular complexity index is 1220. The highest BCUT2D eigenvalue weighted by molar-refractivity contribution is 6.03. The molecule has 0 aliphatic rings. The average Bonchev–Trinajstić information content (AvgIpc) is 3.33. The summed E-state index contributed by atoms with van der Waals surface area (Å²) in [7, 11) is 0. The molecule has 13 heteroatoms. The number of carboxylic acid groups (broad SMARTS) is 1. The maximum Gasteiger partial charge on any atom is 0.490 e. The molecule has 0 saturated carbocycles. The summed E-state index contributed by atoms with van der Waals surface area (Å²) in [5.74, 6) is -1.94. The number of hydrogen-bond acceptors (Lipinski definition) is 6. The highest BCUT2D eigenvalue weighted by Crippen LogP contribution is 2.13. The van der Waals surface area contributed by atoms with Crippen molar-refractivity contribution in [3.8, 4) is 5.82 Å². The van der Waals surface area contributed by atoms with Gasteiger partial charge in [0.15, 0.2) is 17.3 Å². The van der Waals surface area contributed by atoms with Crippen molar-refractivity contribution in [2.75, 3.05) is 5.32 Å². The highest BCUT2D eigenvalue weighted by atomic mass is 19.4. The Kier molecular flexibility index (Phi) is 5.95. The maximum atomic E-state index is 12.1. The number of nitrogens with one attached hydrogen (secondary N) is 1. The van der Waals surface area contributed by atoms with Crippen LogP contribution in [0.2, 0.25) is 0 Å². The summed E-state index contributed by atoms with van der Waals surface area (Å²) < 4.78 is 35.0. The van der Waals surface area contributed by atoms with E-state index in [4.69, 9.17) is 9.90 Å². The number of fused-ring (bicyclic) bond motifs is 1. The molecular weight excluding hydrogens is 419 g/mol. The minimum absolute atomic E-state index is 0.269. The Labute approximate surface area is 172 Å². The van der Waals surface area contributed by atoms with Gasteiger partial charge in [0.1, 0.15) is 0 Å². The Morgan fingerprint density at radius 1 is 1.13 bits per heavy atom. The number of halogens is 3. The van der Waals surface area contributed by atoms with Gasteiger partial charge in [0.2, 0.25) is 0 Å². The second-order valence-corrected chi connectivity index (χ2v) is 6.08. The second-order valence-electron chi connectivity index (χ2n) is 6.08. The van der Waals surface area contributed by atoms with Gasteiger partial charge in [-0.05, 0) is 36.8 Å². The lowest BCUT2D eigenvalue weighted by Gasteiger charge is -2.00. The molecule has 2 N–H and O–H groups in total. The van der Waals surface area contributed by atoms with E-state index in [-0.39, 0.29) is 5.91 Å². The van der Waals surface area contributed by atoms with Gasteiger partial charge in [0.25, 0.3) is 5.91 Å². The quantitative estimate of drug-likeness (QED) is 0.508. The lowest BCUT2D eigenvalue weighted by Crippen LogP contribution is -2.21. The number of anilines is 1. The molecular formula is C18H14F3N7O3. The number of nitrogens with zero attached hydrogens (tertiary/aromatic N) is 6. The summed E-state index contributed by atoms with van der Waals surface area (Å²) in [6.07, 6.45) is 3.34. The smallest absolute Gasteiger partial charge is 0.475 e. The summed E-state index contributed by atoms with van der Waals surface area (Å²) in [5.41, 5.74) is 2.14. The van der Waals surface area contributed by atoms with Crippen molar-refractivity contribution >= 4 is 23.3 Å². The number of imidazole rings is 1. The van der Waals surface area contributed by atoms with E-state index in [1.165, 1.54) is 6.20 Å². The standard InChI is InChI=1S/C16H13N7O.C2HF3O2/c1-11-7-18-22(9-11)15-5-4-14-19-13(10-23(14)21-15)20-16(24)12-3-2-6-17-8-12;3-2(4,5)1(6)7/h2-10H,1H3,(H,20,24);(H,6,7). The molecule has 31 heavy (non-hydrogen) atoms. The van der Waals surface area contributed by atoms with E-state index in [9.17, 15) is 18.0 Å². The monoisotopic (exact) mass is 433 g/mol. The topological polar surface area (TPSA) is 127 Å². The van der Waals surface area contributed by atoms with Crippen molar-refractivity contribution in [2.45, 2.75) is 13.1 Å². The third-order valence-corrected chi connectivity index (χ3v) is 3.66. The molecule has 4 rings (SSSR count). The highest BCUT2D eigenvalue weighted by Gasteiger charge is 2.38. The number of aryl methyl sites for hydroxylation is 1. The van der Waals surface area contributed by atoms with Crippen LogP contribution in [0.4, 0.5) is 19.0 Å². The van der Waals surface area contributed by atoms with Gasteiger partial charge in [-0.15, -0.1) is 5.10 Å². The van der Waals surface area contributed by atoms with Gasteiger partial charge in [-0.25, -0.2) is 19.0 Å². The van der Waals surface area contributed by atoms with Crippen LogP contribution in [0.25, 0.3) is 11.5 Å². The molecule has 1 amide bonds. The van der Waals surface area contributed by atoms with Crippen molar-refractivity contribution in [2.24, 2.45) is 0 Å². The third-order valence-electron chi connectivity index (χ3n) is 3.66. The molecule has 160 valence electrons. The van der Waals surface area contributed by atoms with Crippen LogP contribution >= 0.6 is 0 Å². The summed E-state index contributed by atoms with van der Waals surface area (Å²) in [4.78, 5) is 29.3. The number of aromatic nitrogens is 6. The number of carboxylic acids is 1. The van der Waals surface area contributed by atoms with E-state index in [0.29, 0.717) is 22.8 Å². The first-order valence-electron chi connectivity index (χ1n) is 8.53. The molecule has 0 radical (unpaired) electrons. The van der Waals surface area contributed by atoms with E-state index in [2.05, 4.69) is 25.5 Å². The van der Waals surface area contributed by atoms with Crippen molar-refractivity contribution in [1.82, 2.24) is 29.4 Å². The Hall–Kier alpha value is -4.29. The molecule has 4 aromatic rings. The Balaban J connectivity index is 0.000000339. The molecule has 0 aromatic carbocycles. The lowest BCUT2D eigenvalue weighted by atomic mass is 10.3. The zero-order chi connectivity index (χ0) is 22.6. The van der Waals surface area contributed by atoms with Crippen molar-refractivity contribution in [3.63, 3.8) is 0 Å². The first kappa shape index (κ1) is 21.4. The number of rotatable bonds is 3. The summed E-state index contributed by atoms with van der Waals surface area (Å²) in [5, 5.41) is 18.5. The van der Waals surface area contributed by atoms with E-state index >= 15 is 0 Å². The minimum atomic E-state index is -5.08. The molecule has 10 nitrogen and oxygen atoms in total. The zero-order valence-electron chi connectivity index (χ0n) is 15.8. The maximum absolute atomic E-state index is 12.1. The van der Waals surface area contributed by atoms with E-state index in [1.807, 2.05) is 25.3 Å². The predicted molar refractivity (Wildman–Crippen MR) is 101 cm³/mol. The van der Waals surface area contributed by atoms with Gasteiger partial charge in [0, 0.05) is 18.6 Å². The molecule has 0 atom stereocenters. The van der Waals surface area contributed by atoms with E-state index in [0.717, 1.165) is 5.56 Å². The van der Waals surface area contributed by atoms with Crippen LogP contribution in [0, 0.1) is 6.92 Å². The van der Waals surface area contributed by atoms with Crippen LogP contribution < -0.4 is 5.32 Å². The molecule has 0 aliphatic heterocycles. The summed E-state index contributed by atoms with van der Waals surface area (Å²) >= 11 is 0. The molecule has 0 unspecified atom stereocenters. The molecule has 0 fully saturated rings. The fourth-order valence-corrected chi connectivity index (χ4v) is 2.28. The number of amides is 1. The van der Waals surface area contributed by atoms with Crippen molar-refractivity contribution in [1.29, 1.82) is 0 Å². The summed E-state index contributed by atoms with van der Waals surface area (Å²) in [6.45, 7) is 1.96. The largest absolute Gasteiger partial charge is 0.490 e. The van der Waals surface area contributed by atoms with Gasteiger partial charge < -0.3 is 10.4 Å². The first-order valence-corrected chi connectivity index (χ1v) is 8.53. The van der Waals surface area contributed by atoms with Crippen LogP contribution in [0.15, 0.2) is 55.2 Å². The molecule has 0 saturated heterocycles. The van der Waals surface area contributed by atoms with Gasteiger partial charge in [0.05, 0.1) is 18.0 Å².